The smallest absolute Gasteiger partial charge is 0.197 e. The van der Waals surface area contributed by atoms with Gasteiger partial charge in [-0.15, -0.1) is 0 Å². The second kappa shape index (κ2) is 9.97. The van der Waals surface area contributed by atoms with E-state index < -0.39 is 8.07 Å². The van der Waals surface area contributed by atoms with Crippen LogP contribution >= 0.6 is 0 Å². The van der Waals surface area contributed by atoms with Crippen molar-refractivity contribution in [3.8, 4) is 0 Å². The predicted octanol–water partition coefficient (Wildman–Crippen LogP) is 10.1. The van der Waals surface area contributed by atoms with Gasteiger partial charge in [0.1, 0.15) is 0 Å². The Morgan fingerprint density at radius 3 is 2.04 bits per heavy atom. The third-order valence-electron chi connectivity index (χ3n) is 9.85. The molecular formula is C42H35NO2Si. The number of carbonyl (C=O) groups excluding carboxylic acids is 2. The number of nitrogens with zero attached hydrogens (tertiary/aromatic N) is 1. The fourth-order valence-electron chi connectivity index (χ4n) is 7.42. The van der Waals surface area contributed by atoms with Crippen LogP contribution in [0.25, 0.3) is 27.6 Å². The van der Waals surface area contributed by atoms with Crippen molar-refractivity contribution in [2.24, 2.45) is 0 Å². The van der Waals surface area contributed by atoms with Crippen molar-refractivity contribution in [2.75, 3.05) is 4.90 Å². The maximum absolute atomic E-state index is 13.7. The summed E-state index contributed by atoms with van der Waals surface area (Å²) in [5, 5.41) is 5.59. The molecule has 46 heavy (non-hydrogen) atoms. The molecule has 2 aliphatic rings. The minimum absolute atomic E-state index is 0.193. The van der Waals surface area contributed by atoms with Crippen molar-refractivity contribution in [2.45, 2.75) is 38.9 Å². The number of rotatable bonds is 3. The van der Waals surface area contributed by atoms with Gasteiger partial charge in [0, 0.05) is 22.2 Å². The lowest BCUT2D eigenvalue weighted by atomic mass is 9.71. The van der Waals surface area contributed by atoms with Gasteiger partial charge in [0.2, 0.25) is 0 Å². The second-order valence-electron chi connectivity index (χ2n) is 14.2. The van der Waals surface area contributed by atoms with Crippen molar-refractivity contribution >= 4 is 69.5 Å². The van der Waals surface area contributed by atoms with Gasteiger partial charge in [-0.05, 0) is 86.8 Å². The maximum atomic E-state index is 13.7. The number of allylic oxidation sites excluding steroid dienone is 1. The topological polar surface area (TPSA) is 37.4 Å². The summed E-state index contributed by atoms with van der Waals surface area (Å²) in [7, 11) is -1.52. The Balaban J connectivity index is 1.23. The van der Waals surface area contributed by atoms with E-state index in [-0.39, 0.29) is 22.6 Å². The van der Waals surface area contributed by atoms with Crippen molar-refractivity contribution in [1.29, 1.82) is 0 Å². The number of carbonyl (C=O) groups is 2. The molecule has 1 aliphatic heterocycles. The normalized spacial score (nSPS) is 16.2. The summed E-state index contributed by atoms with van der Waals surface area (Å²) in [5.74, 6) is -0.389. The molecule has 0 spiro atoms. The Hall–Kier alpha value is -5.06. The number of anilines is 3. The number of fused-ring (bicyclic) bond motifs is 6. The molecule has 6 aromatic carbocycles. The number of para-hydroxylation sites is 2. The summed E-state index contributed by atoms with van der Waals surface area (Å²) in [5.41, 5.74) is 7.85. The highest BCUT2D eigenvalue weighted by Gasteiger charge is 2.38. The summed E-state index contributed by atoms with van der Waals surface area (Å²) in [6.07, 6.45) is 1.78. The van der Waals surface area contributed by atoms with Crippen molar-refractivity contribution < 1.29 is 9.59 Å². The lowest BCUT2D eigenvalue weighted by Crippen LogP contribution is -2.37. The molecule has 0 saturated heterocycles. The van der Waals surface area contributed by atoms with E-state index in [1.165, 1.54) is 22.0 Å². The summed E-state index contributed by atoms with van der Waals surface area (Å²) in [6.45, 7) is 11.5. The molecule has 224 valence electrons. The van der Waals surface area contributed by atoms with Crippen molar-refractivity contribution in [3.63, 3.8) is 0 Å². The van der Waals surface area contributed by atoms with E-state index in [1.54, 1.807) is 6.08 Å². The first kappa shape index (κ1) is 28.4. The molecule has 0 saturated carbocycles. The molecular weight excluding hydrogens is 579 g/mol. The van der Waals surface area contributed by atoms with Crippen molar-refractivity contribution in [1.82, 2.24) is 0 Å². The zero-order chi connectivity index (χ0) is 32.0. The number of benzene rings is 6. The lowest BCUT2D eigenvalue weighted by molar-refractivity contribution is 0.0990. The van der Waals surface area contributed by atoms with Crippen LogP contribution in [-0.2, 0) is 5.41 Å². The molecule has 1 aliphatic carbocycles. The van der Waals surface area contributed by atoms with Crippen molar-refractivity contribution in [3.05, 3.63) is 149 Å². The van der Waals surface area contributed by atoms with Crippen LogP contribution in [0.4, 0.5) is 17.1 Å². The van der Waals surface area contributed by atoms with E-state index in [2.05, 4.69) is 129 Å². The molecule has 0 amide bonds. The highest BCUT2D eigenvalue weighted by molar-refractivity contribution is 6.88. The van der Waals surface area contributed by atoms with Gasteiger partial charge in [0.15, 0.2) is 11.6 Å². The molecule has 6 aromatic rings. The Morgan fingerprint density at radius 2 is 1.30 bits per heavy atom. The summed E-state index contributed by atoms with van der Waals surface area (Å²) in [4.78, 5) is 29.7. The number of hydrogen-bond donors (Lipinski definition) is 0. The summed E-state index contributed by atoms with van der Waals surface area (Å²) < 4.78 is 0. The third kappa shape index (κ3) is 4.24. The Morgan fingerprint density at radius 1 is 0.630 bits per heavy atom. The van der Waals surface area contributed by atoms with Crippen LogP contribution in [0.5, 0.6) is 0 Å². The largest absolute Gasteiger partial charge is 0.310 e. The van der Waals surface area contributed by atoms with Gasteiger partial charge < -0.3 is 4.90 Å². The van der Waals surface area contributed by atoms with E-state index in [4.69, 9.17) is 0 Å². The van der Waals surface area contributed by atoms with Crippen LogP contribution in [0.1, 0.15) is 51.3 Å². The zero-order valence-electron chi connectivity index (χ0n) is 26.8. The van der Waals surface area contributed by atoms with Gasteiger partial charge in [-0.2, -0.15) is 0 Å². The van der Waals surface area contributed by atoms with Crippen LogP contribution in [0.2, 0.25) is 19.6 Å². The molecule has 0 radical (unpaired) electrons. The second-order valence-corrected chi connectivity index (χ2v) is 19.3. The van der Waals surface area contributed by atoms with E-state index >= 15 is 0 Å². The summed E-state index contributed by atoms with van der Waals surface area (Å²) in [6, 6.07) is 40.1. The molecule has 0 atom stereocenters. The first-order chi connectivity index (χ1) is 22.0. The van der Waals surface area contributed by atoms with Crippen LogP contribution in [0.3, 0.4) is 0 Å². The Kier molecular flexibility index (Phi) is 6.16. The lowest BCUT2D eigenvalue weighted by Gasteiger charge is -2.42. The van der Waals surface area contributed by atoms with Gasteiger partial charge in [0.25, 0.3) is 0 Å². The van der Waals surface area contributed by atoms with E-state index in [1.807, 2.05) is 24.3 Å². The monoisotopic (exact) mass is 613 g/mol. The molecule has 4 heteroatoms. The van der Waals surface area contributed by atoms with Crippen LogP contribution in [-0.4, -0.2) is 19.6 Å². The summed E-state index contributed by atoms with van der Waals surface area (Å²) >= 11 is 0. The van der Waals surface area contributed by atoms with Crippen LogP contribution in [0, 0.1) is 0 Å². The first-order valence-electron chi connectivity index (χ1n) is 15.9. The van der Waals surface area contributed by atoms with E-state index in [0.717, 1.165) is 38.5 Å². The maximum Gasteiger partial charge on any atom is 0.197 e. The molecule has 1 heterocycles. The first-order valence-corrected chi connectivity index (χ1v) is 19.4. The average molecular weight is 614 g/mol. The Bertz CT molecular complexity index is 2310. The van der Waals surface area contributed by atoms with Gasteiger partial charge in [-0.25, -0.2) is 0 Å². The predicted molar refractivity (Wildman–Crippen MR) is 194 cm³/mol. The van der Waals surface area contributed by atoms with Gasteiger partial charge in [0.05, 0.1) is 25.0 Å². The Labute approximate surface area is 270 Å². The average Bonchev–Trinajstić information content (AvgIpc) is 3.27. The number of ketones is 2. The number of Topliss-reactive ketones (excluding diaryl/α,β-unsaturated/α-hetero) is 2. The highest BCUT2D eigenvalue weighted by Crippen LogP contribution is 2.53. The van der Waals surface area contributed by atoms with Gasteiger partial charge in [-0.3, -0.25) is 9.59 Å². The molecule has 0 unspecified atom stereocenters. The molecule has 0 aromatic heterocycles. The van der Waals surface area contributed by atoms with E-state index in [0.29, 0.717) is 11.1 Å². The molecule has 0 bridgehead atoms. The quantitative estimate of drug-likeness (QED) is 0.113. The minimum atomic E-state index is -1.52. The minimum Gasteiger partial charge on any atom is -0.310 e. The fraction of sp³-hybridized carbons (Fsp3) is 0.143. The SMILES string of the molecule is CC1(C)c2ccccc2N(c2ccccc2)c2ccc3cc(/C=C4/C(=O)c5cc6ccc([Si](C)(C)C)cc6cc5C4=O)ccc3c21. The molecule has 3 nitrogen and oxygen atoms in total. The molecule has 0 fully saturated rings. The molecule has 0 N–H and O–H groups in total. The van der Waals surface area contributed by atoms with Crippen LogP contribution in [0.15, 0.2) is 121 Å². The zero-order valence-corrected chi connectivity index (χ0v) is 27.8. The number of hydrogen-bond acceptors (Lipinski definition) is 3. The van der Waals surface area contributed by atoms with Gasteiger partial charge in [-0.1, -0.05) is 111 Å². The van der Waals surface area contributed by atoms with Crippen LogP contribution < -0.4 is 10.1 Å². The van der Waals surface area contributed by atoms with Gasteiger partial charge >= 0.3 is 0 Å². The fourth-order valence-corrected chi connectivity index (χ4v) is 8.59. The standard InChI is InChI=1S/C42H35NO2Si/c1-42(2)36-13-9-10-14-37(36)43(30-11-7-6-8-12-30)38-20-17-28-21-26(15-19-32(28)39(38)42)22-35-40(44)33-24-27-16-18-31(46(3,4)5)23-29(27)25-34(33)41(35)45/h6-25H,1-5H3/b35-22-. The third-order valence-corrected chi connectivity index (χ3v) is 11.9. The van der Waals surface area contributed by atoms with E-state index in [9.17, 15) is 9.59 Å². The molecule has 8 rings (SSSR count). The highest BCUT2D eigenvalue weighted by atomic mass is 28.3.